The smallest absolute Gasteiger partial charge is 0.123 e. The van der Waals surface area contributed by atoms with Gasteiger partial charge in [0.2, 0.25) is 0 Å². The average Bonchev–Trinajstić information content (AvgIpc) is 2.18. The minimum Gasteiger partial charge on any atom is -0.394 e. The molecule has 0 saturated carbocycles. The third-order valence-corrected chi connectivity index (χ3v) is 2.19. The minimum atomic E-state index is -1.03. The van der Waals surface area contributed by atoms with Gasteiger partial charge in [0.15, 0.2) is 0 Å². The predicted octanol–water partition coefficient (Wildman–Crippen LogP) is 0.484. The van der Waals surface area contributed by atoms with E-state index in [0.717, 1.165) is 0 Å². The molecule has 0 heterocycles. The zero-order chi connectivity index (χ0) is 10.8. The summed E-state index contributed by atoms with van der Waals surface area (Å²) in [6, 6.07) is 3.95. The summed E-state index contributed by atoms with van der Waals surface area (Å²) in [6.45, 7) is 1.06. The lowest BCUT2D eigenvalue weighted by Gasteiger charge is -2.24. The first kappa shape index (κ1) is 11.1. The Morgan fingerprint density at radius 1 is 1.43 bits per heavy atom. The van der Waals surface area contributed by atoms with Gasteiger partial charge in [0, 0.05) is 0 Å². The Labute approximate surface area is 82.0 Å². The fraction of sp³-hybridized carbons (Fsp3) is 0.400. The third-order valence-electron chi connectivity index (χ3n) is 2.19. The van der Waals surface area contributed by atoms with Gasteiger partial charge in [-0.25, -0.2) is 4.39 Å². The molecule has 0 bridgehead atoms. The van der Waals surface area contributed by atoms with Gasteiger partial charge in [0.05, 0.1) is 18.8 Å². The van der Waals surface area contributed by atoms with E-state index in [2.05, 4.69) is 0 Å². The van der Waals surface area contributed by atoms with E-state index in [4.69, 9.17) is 15.9 Å². The van der Waals surface area contributed by atoms with Gasteiger partial charge in [-0.05, 0) is 30.2 Å². The van der Waals surface area contributed by atoms with Crippen molar-refractivity contribution >= 4 is 0 Å². The first-order valence-corrected chi connectivity index (χ1v) is 4.31. The van der Waals surface area contributed by atoms with Crippen molar-refractivity contribution in [1.82, 2.24) is 0 Å². The second kappa shape index (κ2) is 4.04. The van der Waals surface area contributed by atoms with Crippen LogP contribution in [0.15, 0.2) is 18.2 Å². The van der Waals surface area contributed by atoms with Crippen LogP contribution >= 0.6 is 0 Å². The number of hydrogen-bond donors (Lipinski definition) is 3. The molecule has 3 nitrogen and oxygen atoms in total. The lowest BCUT2D eigenvalue weighted by atomic mass is 9.90. The molecule has 1 aromatic rings. The van der Waals surface area contributed by atoms with Crippen molar-refractivity contribution in [3.63, 3.8) is 0 Å². The average molecular weight is 199 g/mol. The van der Waals surface area contributed by atoms with Crippen LogP contribution in [0.3, 0.4) is 0 Å². The maximum atomic E-state index is 12.9. The van der Waals surface area contributed by atoms with Gasteiger partial charge >= 0.3 is 0 Å². The lowest BCUT2D eigenvalue weighted by Crippen LogP contribution is -2.38. The van der Waals surface area contributed by atoms with E-state index in [9.17, 15) is 4.39 Å². The molecule has 0 aliphatic heterocycles. The molecule has 0 aromatic heterocycles. The summed E-state index contributed by atoms with van der Waals surface area (Å²) < 4.78 is 12.9. The Kier molecular flexibility index (Phi) is 3.21. The molecule has 1 aromatic carbocycles. The van der Waals surface area contributed by atoms with E-state index in [1.54, 1.807) is 6.92 Å². The van der Waals surface area contributed by atoms with Crippen LogP contribution in [0.5, 0.6) is 0 Å². The predicted molar refractivity (Wildman–Crippen MR) is 50.9 cm³/mol. The summed E-state index contributed by atoms with van der Waals surface area (Å²) in [5.74, 6) is -0.428. The summed E-state index contributed by atoms with van der Waals surface area (Å²) in [5, 5.41) is 18.0. The van der Waals surface area contributed by atoms with Crippen molar-refractivity contribution in [1.29, 1.82) is 0 Å². The summed E-state index contributed by atoms with van der Waals surface area (Å²) in [4.78, 5) is 0. The number of benzene rings is 1. The highest BCUT2D eigenvalue weighted by molar-refractivity contribution is 5.33. The largest absolute Gasteiger partial charge is 0.394 e. The number of rotatable bonds is 3. The van der Waals surface area contributed by atoms with Crippen molar-refractivity contribution in [2.24, 2.45) is 5.73 Å². The lowest BCUT2D eigenvalue weighted by molar-refractivity contribution is 0.205. The number of halogens is 1. The summed E-state index contributed by atoms with van der Waals surface area (Å²) >= 11 is 0. The number of aliphatic hydroxyl groups excluding tert-OH is 2. The third kappa shape index (κ3) is 2.09. The Balaban J connectivity index is 3.23. The Morgan fingerprint density at radius 2 is 2.07 bits per heavy atom. The normalized spacial score (nSPS) is 15.2. The molecule has 0 aliphatic carbocycles. The van der Waals surface area contributed by atoms with Crippen molar-refractivity contribution in [2.45, 2.75) is 19.1 Å². The Morgan fingerprint density at radius 3 is 2.57 bits per heavy atom. The van der Waals surface area contributed by atoms with Crippen molar-refractivity contribution < 1.29 is 14.6 Å². The molecule has 1 rings (SSSR count). The highest BCUT2D eigenvalue weighted by atomic mass is 19.1. The van der Waals surface area contributed by atoms with Crippen LogP contribution in [-0.4, -0.2) is 16.8 Å². The van der Waals surface area contributed by atoms with Crippen LogP contribution < -0.4 is 5.73 Å². The fourth-order valence-corrected chi connectivity index (χ4v) is 1.30. The van der Waals surface area contributed by atoms with E-state index in [1.807, 2.05) is 0 Å². The fourth-order valence-electron chi connectivity index (χ4n) is 1.30. The van der Waals surface area contributed by atoms with Crippen LogP contribution in [0.4, 0.5) is 4.39 Å². The second-order valence-corrected chi connectivity index (χ2v) is 3.54. The first-order chi connectivity index (χ1) is 6.51. The zero-order valence-corrected chi connectivity index (χ0v) is 8.00. The van der Waals surface area contributed by atoms with Gasteiger partial charge < -0.3 is 15.9 Å². The molecule has 0 fully saturated rings. The quantitative estimate of drug-likeness (QED) is 0.663. The Hall–Kier alpha value is -0.970. The van der Waals surface area contributed by atoms with Crippen molar-refractivity contribution in [3.05, 3.63) is 35.1 Å². The standard InChI is InChI=1S/C10H14FNO2/c1-10(12,6-14)9-4-8(11)3-2-7(9)5-13/h2-4,13-14H,5-6,12H2,1H3/t10-/m1/s1. The van der Waals surface area contributed by atoms with Crippen LogP contribution in [0.25, 0.3) is 0 Å². The van der Waals surface area contributed by atoms with Crippen molar-refractivity contribution in [3.8, 4) is 0 Å². The second-order valence-electron chi connectivity index (χ2n) is 3.54. The number of aliphatic hydroxyl groups is 2. The van der Waals surface area contributed by atoms with E-state index in [-0.39, 0.29) is 13.2 Å². The van der Waals surface area contributed by atoms with Crippen LogP contribution in [0.2, 0.25) is 0 Å². The molecule has 0 amide bonds. The van der Waals surface area contributed by atoms with Crippen LogP contribution in [-0.2, 0) is 12.1 Å². The molecule has 0 saturated heterocycles. The molecule has 1 atom stereocenters. The van der Waals surface area contributed by atoms with Gasteiger partial charge in [-0.2, -0.15) is 0 Å². The van der Waals surface area contributed by atoms with E-state index < -0.39 is 11.4 Å². The van der Waals surface area contributed by atoms with Gasteiger partial charge in [-0.3, -0.25) is 0 Å². The summed E-state index contributed by atoms with van der Waals surface area (Å²) in [6.07, 6.45) is 0. The Bertz CT molecular complexity index is 326. The topological polar surface area (TPSA) is 66.5 Å². The number of hydrogen-bond acceptors (Lipinski definition) is 3. The zero-order valence-electron chi connectivity index (χ0n) is 8.00. The molecule has 4 N–H and O–H groups in total. The van der Waals surface area contributed by atoms with Gasteiger partial charge in [-0.15, -0.1) is 0 Å². The maximum Gasteiger partial charge on any atom is 0.123 e. The highest BCUT2D eigenvalue weighted by Crippen LogP contribution is 2.22. The highest BCUT2D eigenvalue weighted by Gasteiger charge is 2.23. The molecule has 0 unspecified atom stereocenters. The van der Waals surface area contributed by atoms with E-state index >= 15 is 0 Å². The monoisotopic (exact) mass is 199 g/mol. The van der Waals surface area contributed by atoms with Gasteiger partial charge in [-0.1, -0.05) is 6.07 Å². The van der Waals surface area contributed by atoms with Gasteiger partial charge in [0.1, 0.15) is 5.82 Å². The summed E-state index contributed by atoms with van der Waals surface area (Å²) in [5.41, 5.74) is 5.69. The summed E-state index contributed by atoms with van der Waals surface area (Å²) in [7, 11) is 0. The molecular weight excluding hydrogens is 185 g/mol. The molecular formula is C10H14FNO2. The van der Waals surface area contributed by atoms with Crippen LogP contribution in [0.1, 0.15) is 18.1 Å². The molecule has 0 aliphatic rings. The molecule has 14 heavy (non-hydrogen) atoms. The van der Waals surface area contributed by atoms with E-state index in [1.165, 1.54) is 18.2 Å². The van der Waals surface area contributed by atoms with Gasteiger partial charge in [0.25, 0.3) is 0 Å². The van der Waals surface area contributed by atoms with Crippen LogP contribution in [0, 0.1) is 5.82 Å². The molecule has 0 radical (unpaired) electrons. The minimum absolute atomic E-state index is 0.220. The first-order valence-electron chi connectivity index (χ1n) is 4.31. The maximum absolute atomic E-state index is 12.9. The molecule has 0 spiro atoms. The molecule has 4 heteroatoms. The number of nitrogens with two attached hydrogens (primary N) is 1. The SMILES string of the molecule is C[C@@](N)(CO)c1cc(F)ccc1CO. The molecule has 78 valence electrons. The van der Waals surface area contributed by atoms with E-state index in [0.29, 0.717) is 11.1 Å². The van der Waals surface area contributed by atoms with Crippen molar-refractivity contribution in [2.75, 3.05) is 6.61 Å².